The number of aliphatic hydroxyl groups is 1. The Kier molecular flexibility index (Phi) is 5.14. The van der Waals surface area contributed by atoms with Crippen molar-refractivity contribution in [1.29, 1.82) is 0 Å². The molecule has 0 atom stereocenters. The van der Waals surface area contributed by atoms with Crippen molar-refractivity contribution in [3.05, 3.63) is 71.3 Å². The van der Waals surface area contributed by atoms with Crippen LogP contribution in [0.25, 0.3) is 0 Å². The molecule has 0 fully saturated rings. The number of carbonyl (C=O) groups is 1. The zero-order valence-corrected chi connectivity index (χ0v) is 11.9. The molecule has 3 heteroatoms. The van der Waals surface area contributed by atoms with Gasteiger partial charge in [0.15, 0.2) is 0 Å². The smallest absolute Gasteiger partial charge is 0.255 e. The van der Waals surface area contributed by atoms with Crippen molar-refractivity contribution in [3.8, 4) is 11.8 Å². The standard InChI is InChI=1S/C18H17NO2/c1-19(14-15-8-3-2-4-9-15)18(21)17-12-6-5-10-16(17)11-7-13-20/h2-6,8-10,12,20H,13-14H2,1H3. The Labute approximate surface area is 124 Å². The van der Waals surface area contributed by atoms with Crippen molar-refractivity contribution in [2.75, 3.05) is 13.7 Å². The molecule has 0 spiro atoms. The van der Waals surface area contributed by atoms with Crippen molar-refractivity contribution in [1.82, 2.24) is 4.90 Å². The van der Waals surface area contributed by atoms with Gasteiger partial charge < -0.3 is 10.0 Å². The minimum absolute atomic E-state index is 0.0818. The van der Waals surface area contributed by atoms with Crippen molar-refractivity contribution < 1.29 is 9.90 Å². The number of nitrogens with zero attached hydrogens (tertiary/aromatic N) is 1. The van der Waals surface area contributed by atoms with Crippen LogP contribution in [0.1, 0.15) is 21.5 Å². The highest BCUT2D eigenvalue weighted by Crippen LogP contribution is 2.12. The second-order valence-corrected chi connectivity index (χ2v) is 4.65. The van der Waals surface area contributed by atoms with Gasteiger partial charge in [0, 0.05) is 19.2 Å². The lowest BCUT2D eigenvalue weighted by molar-refractivity contribution is 0.0785. The van der Waals surface area contributed by atoms with Gasteiger partial charge in [-0.1, -0.05) is 54.3 Å². The Morgan fingerprint density at radius 2 is 1.76 bits per heavy atom. The molecule has 1 amide bonds. The first-order chi connectivity index (χ1) is 10.2. The minimum atomic E-state index is -0.220. The van der Waals surface area contributed by atoms with Gasteiger partial charge in [-0.3, -0.25) is 4.79 Å². The Morgan fingerprint density at radius 1 is 1.10 bits per heavy atom. The molecule has 0 heterocycles. The molecular weight excluding hydrogens is 262 g/mol. The van der Waals surface area contributed by atoms with Gasteiger partial charge in [0.25, 0.3) is 5.91 Å². The summed E-state index contributed by atoms with van der Waals surface area (Å²) in [5, 5.41) is 8.79. The first-order valence-electron chi connectivity index (χ1n) is 6.70. The highest BCUT2D eigenvalue weighted by molar-refractivity contribution is 5.96. The van der Waals surface area contributed by atoms with E-state index in [0.717, 1.165) is 5.56 Å². The first-order valence-corrected chi connectivity index (χ1v) is 6.70. The fourth-order valence-electron chi connectivity index (χ4n) is 2.05. The maximum Gasteiger partial charge on any atom is 0.255 e. The molecule has 106 valence electrons. The lowest BCUT2D eigenvalue weighted by Crippen LogP contribution is -2.26. The van der Waals surface area contributed by atoms with Crippen LogP contribution in [0.3, 0.4) is 0 Å². The lowest BCUT2D eigenvalue weighted by Gasteiger charge is -2.18. The molecule has 0 aliphatic carbocycles. The summed E-state index contributed by atoms with van der Waals surface area (Å²) in [7, 11) is 1.77. The number of hydrogen-bond acceptors (Lipinski definition) is 2. The summed E-state index contributed by atoms with van der Waals surface area (Å²) in [6.45, 7) is 0.323. The molecular formula is C18H17NO2. The molecule has 2 aromatic rings. The number of rotatable bonds is 3. The summed E-state index contributed by atoms with van der Waals surface area (Å²) in [5.74, 6) is 5.32. The molecule has 1 N–H and O–H groups in total. The number of benzene rings is 2. The topological polar surface area (TPSA) is 40.5 Å². The van der Waals surface area contributed by atoms with E-state index < -0.39 is 0 Å². The highest BCUT2D eigenvalue weighted by atomic mass is 16.2. The zero-order chi connectivity index (χ0) is 15.1. The zero-order valence-electron chi connectivity index (χ0n) is 11.9. The average molecular weight is 279 g/mol. The normalized spacial score (nSPS) is 9.62. The fraction of sp³-hybridized carbons (Fsp3) is 0.167. The van der Waals surface area contributed by atoms with Gasteiger partial charge in [0.1, 0.15) is 6.61 Å². The summed E-state index contributed by atoms with van der Waals surface area (Å²) >= 11 is 0. The number of amides is 1. The maximum atomic E-state index is 12.5. The molecule has 21 heavy (non-hydrogen) atoms. The molecule has 0 saturated heterocycles. The van der Waals surface area contributed by atoms with Gasteiger partial charge in [-0.15, -0.1) is 0 Å². The van der Waals surface area contributed by atoms with Gasteiger partial charge in [-0.2, -0.15) is 0 Å². The largest absolute Gasteiger partial charge is 0.384 e. The summed E-state index contributed by atoms with van der Waals surface area (Å²) in [5.41, 5.74) is 2.26. The van der Waals surface area contributed by atoms with Gasteiger partial charge >= 0.3 is 0 Å². The van der Waals surface area contributed by atoms with Crippen LogP contribution in [-0.2, 0) is 6.54 Å². The third-order valence-electron chi connectivity index (χ3n) is 3.07. The van der Waals surface area contributed by atoms with Crippen molar-refractivity contribution in [3.63, 3.8) is 0 Å². The van der Waals surface area contributed by atoms with Crippen LogP contribution < -0.4 is 0 Å². The van der Waals surface area contributed by atoms with Crippen LogP contribution in [-0.4, -0.2) is 29.6 Å². The van der Waals surface area contributed by atoms with E-state index in [1.807, 2.05) is 42.5 Å². The summed E-state index contributed by atoms with van der Waals surface area (Å²) < 4.78 is 0. The third-order valence-corrected chi connectivity index (χ3v) is 3.07. The Bertz CT molecular complexity index is 668. The number of hydrogen-bond donors (Lipinski definition) is 1. The molecule has 0 aliphatic heterocycles. The van der Waals surface area contributed by atoms with E-state index in [2.05, 4.69) is 11.8 Å². The van der Waals surface area contributed by atoms with E-state index in [-0.39, 0.29) is 12.5 Å². The van der Waals surface area contributed by atoms with Gasteiger partial charge in [-0.25, -0.2) is 0 Å². The van der Waals surface area contributed by atoms with Gasteiger partial charge in [-0.05, 0) is 17.7 Å². The van der Waals surface area contributed by atoms with Crippen LogP contribution in [0.5, 0.6) is 0 Å². The van der Waals surface area contributed by atoms with Crippen molar-refractivity contribution >= 4 is 5.91 Å². The number of carbonyl (C=O) groups excluding carboxylic acids is 1. The Morgan fingerprint density at radius 3 is 2.48 bits per heavy atom. The lowest BCUT2D eigenvalue weighted by atomic mass is 10.1. The van der Waals surface area contributed by atoms with Crippen LogP contribution in [0.15, 0.2) is 54.6 Å². The Balaban J connectivity index is 2.20. The molecule has 0 aliphatic rings. The molecule has 0 unspecified atom stereocenters. The summed E-state index contributed by atoms with van der Waals surface area (Å²) in [4.78, 5) is 14.2. The van der Waals surface area contributed by atoms with E-state index in [1.54, 1.807) is 24.1 Å². The molecule has 3 nitrogen and oxygen atoms in total. The predicted octanol–water partition coefficient (Wildman–Crippen LogP) is 2.30. The average Bonchev–Trinajstić information content (AvgIpc) is 2.53. The van der Waals surface area contributed by atoms with Crippen LogP contribution in [0, 0.1) is 11.8 Å². The maximum absolute atomic E-state index is 12.5. The van der Waals surface area contributed by atoms with E-state index >= 15 is 0 Å². The predicted molar refractivity (Wildman–Crippen MR) is 82.6 cm³/mol. The second-order valence-electron chi connectivity index (χ2n) is 4.65. The van der Waals surface area contributed by atoms with Crippen LogP contribution in [0.2, 0.25) is 0 Å². The molecule has 0 aromatic heterocycles. The third kappa shape index (κ3) is 3.95. The molecule has 0 radical (unpaired) electrons. The Hall–Kier alpha value is -2.57. The SMILES string of the molecule is CN(Cc1ccccc1)C(=O)c1ccccc1C#CCO. The van der Waals surface area contributed by atoms with E-state index in [9.17, 15) is 4.79 Å². The van der Waals surface area contributed by atoms with Crippen molar-refractivity contribution in [2.24, 2.45) is 0 Å². The number of aliphatic hydroxyl groups excluding tert-OH is 1. The van der Waals surface area contributed by atoms with E-state index in [4.69, 9.17) is 5.11 Å². The summed E-state index contributed by atoms with van der Waals surface area (Å²) in [6, 6.07) is 17.0. The van der Waals surface area contributed by atoms with Gasteiger partial charge in [0.2, 0.25) is 0 Å². The van der Waals surface area contributed by atoms with E-state index in [0.29, 0.717) is 17.7 Å². The second kappa shape index (κ2) is 7.28. The molecule has 2 aromatic carbocycles. The molecule has 0 bridgehead atoms. The quantitative estimate of drug-likeness (QED) is 0.876. The fourth-order valence-corrected chi connectivity index (χ4v) is 2.05. The van der Waals surface area contributed by atoms with Gasteiger partial charge in [0.05, 0.1) is 5.56 Å². The van der Waals surface area contributed by atoms with E-state index in [1.165, 1.54) is 0 Å². The monoisotopic (exact) mass is 279 g/mol. The first kappa shape index (κ1) is 14.8. The van der Waals surface area contributed by atoms with Crippen molar-refractivity contribution in [2.45, 2.75) is 6.54 Å². The highest BCUT2D eigenvalue weighted by Gasteiger charge is 2.14. The molecule has 2 rings (SSSR count). The van der Waals surface area contributed by atoms with Crippen LogP contribution >= 0.6 is 0 Å². The minimum Gasteiger partial charge on any atom is -0.384 e. The molecule has 0 saturated carbocycles. The summed E-state index contributed by atoms with van der Waals surface area (Å²) in [6.07, 6.45) is 0. The van der Waals surface area contributed by atoms with Crippen LogP contribution in [0.4, 0.5) is 0 Å².